The SMILES string of the molecule is CC(C)c1ccc(CNCc2cc(C#N)n(C)c2)cc1. The smallest absolute Gasteiger partial charge is 0.120 e. The summed E-state index contributed by atoms with van der Waals surface area (Å²) >= 11 is 0. The Hall–Kier alpha value is -2.05. The predicted octanol–water partition coefficient (Wildman–Crippen LogP) is 3.31. The van der Waals surface area contributed by atoms with Gasteiger partial charge in [-0.05, 0) is 28.7 Å². The Morgan fingerprint density at radius 3 is 2.35 bits per heavy atom. The number of hydrogen-bond acceptors (Lipinski definition) is 2. The van der Waals surface area contributed by atoms with Gasteiger partial charge in [0.1, 0.15) is 11.8 Å². The summed E-state index contributed by atoms with van der Waals surface area (Å²) in [6.07, 6.45) is 1.99. The Bertz CT molecular complexity index is 600. The average Bonchev–Trinajstić information content (AvgIpc) is 2.79. The van der Waals surface area contributed by atoms with Gasteiger partial charge in [-0.25, -0.2) is 0 Å². The average molecular weight is 267 g/mol. The standard InChI is InChI=1S/C17H21N3/c1-13(2)16-6-4-14(5-7-16)10-19-11-15-8-17(9-18)20(3)12-15/h4-8,12-13,19H,10-11H2,1-3H3. The van der Waals surface area contributed by atoms with Crippen LogP contribution in [0.1, 0.15) is 42.1 Å². The van der Waals surface area contributed by atoms with Crippen molar-refractivity contribution in [3.05, 3.63) is 58.9 Å². The van der Waals surface area contributed by atoms with Crippen LogP contribution in [0.25, 0.3) is 0 Å². The highest BCUT2D eigenvalue weighted by molar-refractivity contribution is 5.28. The second-order valence-corrected chi connectivity index (χ2v) is 5.46. The molecule has 2 rings (SSSR count). The summed E-state index contributed by atoms with van der Waals surface area (Å²) in [6.45, 7) is 6.03. The van der Waals surface area contributed by atoms with Crippen molar-refractivity contribution in [2.24, 2.45) is 7.05 Å². The molecule has 1 heterocycles. The lowest BCUT2D eigenvalue weighted by Gasteiger charge is -2.07. The zero-order valence-corrected chi connectivity index (χ0v) is 12.4. The van der Waals surface area contributed by atoms with E-state index in [1.54, 1.807) is 0 Å². The Balaban J connectivity index is 1.87. The number of aromatic nitrogens is 1. The van der Waals surface area contributed by atoms with Crippen molar-refractivity contribution in [1.29, 1.82) is 5.26 Å². The number of nitriles is 1. The quantitative estimate of drug-likeness (QED) is 0.903. The fraction of sp³-hybridized carbons (Fsp3) is 0.353. The van der Waals surface area contributed by atoms with E-state index in [1.165, 1.54) is 11.1 Å². The number of hydrogen-bond donors (Lipinski definition) is 1. The van der Waals surface area contributed by atoms with Crippen LogP contribution in [-0.2, 0) is 20.1 Å². The molecule has 20 heavy (non-hydrogen) atoms. The van der Waals surface area contributed by atoms with Crippen LogP contribution in [-0.4, -0.2) is 4.57 Å². The summed E-state index contributed by atoms with van der Waals surface area (Å²) in [5, 5.41) is 12.3. The van der Waals surface area contributed by atoms with Crippen LogP contribution in [0.3, 0.4) is 0 Å². The van der Waals surface area contributed by atoms with E-state index < -0.39 is 0 Å². The van der Waals surface area contributed by atoms with E-state index in [9.17, 15) is 0 Å². The molecular weight excluding hydrogens is 246 g/mol. The Morgan fingerprint density at radius 2 is 1.80 bits per heavy atom. The van der Waals surface area contributed by atoms with E-state index >= 15 is 0 Å². The van der Waals surface area contributed by atoms with Gasteiger partial charge in [-0.1, -0.05) is 38.1 Å². The highest BCUT2D eigenvalue weighted by atomic mass is 14.9. The zero-order chi connectivity index (χ0) is 14.5. The fourth-order valence-electron chi connectivity index (χ4n) is 2.21. The molecule has 3 nitrogen and oxygen atoms in total. The van der Waals surface area contributed by atoms with Crippen molar-refractivity contribution in [1.82, 2.24) is 9.88 Å². The van der Waals surface area contributed by atoms with Crippen molar-refractivity contribution >= 4 is 0 Å². The summed E-state index contributed by atoms with van der Waals surface area (Å²) in [5.41, 5.74) is 4.49. The van der Waals surface area contributed by atoms with Gasteiger partial charge in [0.2, 0.25) is 0 Å². The number of benzene rings is 1. The van der Waals surface area contributed by atoms with Gasteiger partial charge < -0.3 is 9.88 Å². The monoisotopic (exact) mass is 267 g/mol. The fourth-order valence-corrected chi connectivity index (χ4v) is 2.21. The van der Waals surface area contributed by atoms with Gasteiger partial charge in [-0.15, -0.1) is 0 Å². The first-order chi connectivity index (χ1) is 9.60. The molecule has 0 aliphatic heterocycles. The molecule has 0 saturated carbocycles. The second-order valence-electron chi connectivity index (χ2n) is 5.46. The summed E-state index contributed by atoms with van der Waals surface area (Å²) in [6, 6.07) is 12.8. The van der Waals surface area contributed by atoms with E-state index in [0.29, 0.717) is 11.6 Å². The lowest BCUT2D eigenvalue weighted by atomic mass is 10.0. The minimum absolute atomic E-state index is 0.575. The van der Waals surface area contributed by atoms with Crippen molar-refractivity contribution in [2.45, 2.75) is 32.9 Å². The first kappa shape index (κ1) is 14.4. The maximum absolute atomic E-state index is 8.91. The molecule has 0 aliphatic rings. The molecule has 0 atom stereocenters. The number of nitrogens with one attached hydrogen (secondary N) is 1. The van der Waals surface area contributed by atoms with E-state index in [2.05, 4.69) is 49.5 Å². The summed E-state index contributed by atoms with van der Waals surface area (Å²) in [4.78, 5) is 0. The highest BCUT2D eigenvalue weighted by Crippen LogP contribution is 2.14. The predicted molar refractivity (Wildman–Crippen MR) is 81.2 cm³/mol. The van der Waals surface area contributed by atoms with Crippen LogP contribution in [0.4, 0.5) is 0 Å². The van der Waals surface area contributed by atoms with Crippen molar-refractivity contribution < 1.29 is 0 Å². The van der Waals surface area contributed by atoms with Gasteiger partial charge in [0.25, 0.3) is 0 Å². The molecule has 0 bridgehead atoms. The third-order valence-corrected chi connectivity index (χ3v) is 3.48. The molecule has 0 fully saturated rings. The molecule has 0 aliphatic carbocycles. The molecule has 104 valence electrons. The Kier molecular flexibility index (Phi) is 4.60. The second kappa shape index (κ2) is 6.40. The largest absolute Gasteiger partial charge is 0.342 e. The van der Waals surface area contributed by atoms with Crippen LogP contribution in [0.2, 0.25) is 0 Å². The van der Waals surface area contributed by atoms with E-state index in [1.807, 2.05) is 23.9 Å². The molecule has 0 saturated heterocycles. The van der Waals surface area contributed by atoms with Crippen molar-refractivity contribution in [2.75, 3.05) is 0 Å². The van der Waals surface area contributed by atoms with Gasteiger partial charge in [-0.2, -0.15) is 5.26 Å². The normalized spacial score (nSPS) is 10.8. The first-order valence-electron chi connectivity index (χ1n) is 6.95. The van der Waals surface area contributed by atoms with Crippen molar-refractivity contribution in [3.8, 4) is 6.07 Å². The molecule has 1 aromatic carbocycles. The van der Waals surface area contributed by atoms with Crippen molar-refractivity contribution in [3.63, 3.8) is 0 Å². The molecule has 1 N–H and O–H groups in total. The maximum Gasteiger partial charge on any atom is 0.120 e. The molecule has 1 aromatic heterocycles. The molecule has 0 radical (unpaired) electrons. The third-order valence-electron chi connectivity index (χ3n) is 3.48. The van der Waals surface area contributed by atoms with Crippen LogP contribution in [0.5, 0.6) is 0 Å². The lowest BCUT2D eigenvalue weighted by molar-refractivity contribution is 0.691. The Labute approximate surface area is 120 Å². The van der Waals surface area contributed by atoms with E-state index in [4.69, 9.17) is 5.26 Å². The van der Waals surface area contributed by atoms with Crippen LogP contribution >= 0.6 is 0 Å². The van der Waals surface area contributed by atoms with Gasteiger partial charge >= 0.3 is 0 Å². The van der Waals surface area contributed by atoms with Gasteiger partial charge in [-0.3, -0.25) is 0 Å². The molecule has 2 aromatic rings. The van der Waals surface area contributed by atoms with E-state index in [-0.39, 0.29) is 0 Å². The minimum Gasteiger partial charge on any atom is -0.342 e. The molecule has 0 spiro atoms. The summed E-state index contributed by atoms with van der Waals surface area (Å²) in [5.74, 6) is 0.575. The number of rotatable bonds is 5. The highest BCUT2D eigenvalue weighted by Gasteiger charge is 2.02. The molecular formula is C17H21N3. The molecule has 0 unspecified atom stereocenters. The third kappa shape index (κ3) is 3.49. The summed E-state index contributed by atoms with van der Waals surface area (Å²) in [7, 11) is 1.90. The Morgan fingerprint density at radius 1 is 1.15 bits per heavy atom. The number of nitrogens with zero attached hydrogens (tertiary/aromatic N) is 2. The molecule has 0 amide bonds. The van der Waals surface area contributed by atoms with Gasteiger partial charge in [0, 0.05) is 26.3 Å². The lowest BCUT2D eigenvalue weighted by Crippen LogP contribution is -2.12. The van der Waals surface area contributed by atoms with E-state index in [0.717, 1.165) is 18.7 Å². The van der Waals surface area contributed by atoms with Gasteiger partial charge in [0.05, 0.1) is 0 Å². The zero-order valence-electron chi connectivity index (χ0n) is 12.4. The van der Waals surface area contributed by atoms with Crippen LogP contribution in [0.15, 0.2) is 36.5 Å². The van der Waals surface area contributed by atoms with Gasteiger partial charge in [0.15, 0.2) is 0 Å². The summed E-state index contributed by atoms with van der Waals surface area (Å²) < 4.78 is 1.86. The topological polar surface area (TPSA) is 40.8 Å². The molecule has 3 heteroatoms. The van der Waals surface area contributed by atoms with Crippen LogP contribution in [0, 0.1) is 11.3 Å². The minimum atomic E-state index is 0.575. The number of aryl methyl sites for hydroxylation is 1. The maximum atomic E-state index is 8.91. The van der Waals surface area contributed by atoms with Crippen LogP contribution < -0.4 is 5.32 Å². The first-order valence-corrected chi connectivity index (χ1v) is 6.95.